The summed E-state index contributed by atoms with van der Waals surface area (Å²) in [4.78, 5) is 0. The van der Waals surface area contributed by atoms with E-state index in [4.69, 9.17) is 9.47 Å². The molecule has 0 saturated carbocycles. The van der Waals surface area contributed by atoms with Crippen LogP contribution in [0.5, 0.6) is 0 Å². The first-order chi connectivity index (χ1) is 11.6. The molecule has 130 valence electrons. The van der Waals surface area contributed by atoms with E-state index in [1.807, 2.05) is 0 Å². The smallest absolute Gasteiger partial charge is 0.123 e. The Hall–Kier alpha value is -1.63. The molecule has 0 bridgehead atoms. The standard InChI is InChI=1S/C18H20F2O3S/c1-22-10-11-23-12-13-24(21)18(14-2-6-16(19)7-3-14)15-4-8-17(20)9-5-15/h2-9,18H,10-13H2,1H3. The molecular weight excluding hydrogens is 334 g/mol. The third kappa shape index (κ3) is 5.47. The SMILES string of the molecule is COCCOCCS(=O)C(c1ccc(F)cc1)c1ccc(F)cc1. The van der Waals surface area contributed by atoms with E-state index in [-0.39, 0.29) is 11.6 Å². The van der Waals surface area contributed by atoms with Crippen LogP contribution in [0.4, 0.5) is 8.78 Å². The quantitative estimate of drug-likeness (QED) is 0.647. The highest BCUT2D eigenvalue weighted by Gasteiger charge is 2.21. The van der Waals surface area contributed by atoms with Crippen molar-refractivity contribution < 1.29 is 22.5 Å². The molecule has 2 aromatic rings. The average Bonchev–Trinajstić information content (AvgIpc) is 2.58. The number of methoxy groups -OCH3 is 1. The molecule has 0 amide bonds. The Bertz CT molecular complexity index is 599. The minimum atomic E-state index is -1.29. The fourth-order valence-electron chi connectivity index (χ4n) is 2.27. The van der Waals surface area contributed by atoms with Crippen LogP contribution in [0.1, 0.15) is 16.4 Å². The van der Waals surface area contributed by atoms with Crippen LogP contribution in [-0.2, 0) is 20.3 Å². The van der Waals surface area contributed by atoms with E-state index in [1.54, 1.807) is 31.4 Å². The highest BCUT2D eigenvalue weighted by Crippen LogP contribution is 2.28. The maximum absolute atomic E-state index is 13.2. The van der Waals surface area contributed by atoms with Gasteiger partial charge in [0.2, 0.25) is 0 Å². The molecule has 2 rings (SSSR count). The van der Waals surface area contributed by atoms with E-state index in [1.165, 1.54) is 24.3 Å². The molecule has 6 heteroatoms. The average molecular weight is 354 g/mol. The first-order valence-electron chi connectivity index (χ1n) is 7.56. The van der Waals surface area contributed by atoms with E-state index >= 15 is 0 Å². The third-order valence-corrected chi connectivity index (χ3v) is 5.11. The molecule has 0 aliphatic carbocycles. The predicted molar refractivity (Wildman–Crippen MR) is 90.3 cm³/mol. The Morgan fingerprint density at radius 3 is 1.83 bits per heavy atom. The molecule has 0 aliphatic rings. The fraction of sp³-hybridized carbons (Fsp3) is 0.333. The lowest BCUT2D eigenvalue weighted by molar-refractivity contribution is 0.0787. The zero-order valence-corrected chi connectivity index (χ0v) is 14.2. The Balaban J connectivity index is 2.14. The normalized spacial score (nSPS) is 12.5. The molecule has 1 atom stereocenters. The van der Waals surface area contributed by atoms with Gasteiger partial charge in [-0.2, -0.15) is 0 Å². The Kier molecular flexibility index (Phi) is 7.49. The van der Waals surface area contributed by atoms with Crippen LogP contribution in [0.3, 0.4) is 0 Å². The molecule has 3 nitrogen and oxygen atoms in total. The van der Waals surface area contributed by atoms with Crippen LogP contribution in [-0.4, -0.2) is 36.9 Å². The zero-order valence-electron chi connectivity index (χ0n) is 13.4. The van der Waals surface area contributed by atoms with E-state index in [9.17, 15) is 13.0 Å². The first-order valence-corrected chi connectivity index (χ1v) is 8.95. The van der Waals surface area contributed by atoms with Gasteiger partial charge in [0.1, 0.15) is 11.6 Å². The summed E-state index contributed by atoms with van der Waals surface area (Å²) < 4.78 is 49.4. The number of ether oxygens (including phenoxy) is 2. The van der Waals surface area contributed by atoms with Gasteiger partial charge >= 0.3 is 0 Å². The van der Waals surface area contributed by atoms with Gasteiger partial charge in [0.15, 0.2) is 0 Å². The van der Waals surface area contributed by atoms with Gasteiger partial charge in [-0.25, -0.2) is 8.78 Å². The molecule has 24 heavy (non-hydrogen) atoms. The zero-order chi connectivity index (χ0) is 17.4. The second-order valence-electron chi connectivity index (χ2n) is 5.17. The Morgan fingerprint density at radius 2 is 1.38 bits per heavy atom. The summed E-state index contributed by atoms with van der Waals surface area (Å²) in [5.41, 5.74) is 1.44. The lowest BCUT2D eigenvalue weighted by Crippen LogP contribution is -2.16. The van der Waals surface area contributed by atoms with Crippen molar-refractivity contribution >= 4 is 10.8 Å². The van der Waals surface area contributed by atoms with Crippen molar-refractivity contribution in [1.29, 1.82) is 0 Å². The lowest BCUT2D eigenvalue weighted by atomic mass is 10.0. The summed E-state index contributed by atoms with van der Waals surface area (Å²) in [7, 11) is 0.295. The summed E-state index contributed by atoms with van der Waals surface area (Å²) in [6.07, 6.45) is 0. The lowest BCUT2D eigenvalue weighted by Gasteiger charge is -2.18. The molecule has 2 aromatic carbocycles. The molecule has 1 unspecified atom stereocenters. The van der Waals surface area contributed by atoms with Gasteiger partial charge in [0, 0.05) is 23.7 Å². The molecule has 0 heterocycles. The van der Waals surface area contributed by atoms with Crippen LogP contribution in [0, 0.1) is 11.6 Å². The van der Waals surface area contributed by atoms with E-state index in [0.717, 1.165) is 11.1 Å². The topological polar surface area (TPSA) is 35.5 Å². The number of hydrogen-bond acceptors (Lipinski definition) is 3. The van der Waals surface area contributed by atoms with Crippen molar-refractivity contribution in [3.63, 3.8) is 0 Å². The van der Waals surface area contributed by atoms with Crippen molar-refractivity contribution in [1.82, 2.24) is 0 Å². The van der Waals surface area contributed by atoms with Gasteiger partial charge in [-0.1, -0.05) is 24.3 Å². The molecule has 0 N–H and O–H groups in total. The van der Waals surface area contributed by atoms with Gasteiger partial charge in [-0.3, -0.25) is 4.21 Å². The summed E-state index contributed by atoms with van der Waals surface area (Å²) in [6, 6.07) is 11.7. The van der Waals surface area contributed by atoms with Crippen molar-refractivity contribution in [3.8, 4) is 0 Å². The third-order valence-electron chi connectivity index (χ3n) is 3.47. The molecule has 0 fully saturated rings. The Morgan fingerprint density at radius 1 is 0.875 bits per heavy atom. The van der Waals surface area contributed by atoms with E-state index in [2.05, 4.69) is 0 Å². The summed E-state index contributed by atoms with van der Waals surface area (Å²) in [5, 5.41) is -0.461. The summed E-state index contributed by atoms with van der Waals surface area (Å²) in [6.45, 7) is 1.24. The van der Waals surface area contributed by atoms with Gasteiger partial charge in [-0.15, -0.1) is 0 Å². The minimum Gasteiger partial charge on any atom is -0.382 e. The summed E-state index contributed by atoms with van der Waals surface area (Å²) in [5.74, 6) is -0.390. The predicted octanol–water partition coefficient (Wildman–Crippen LogP) is 3.47. The van der Waals surface area contributed by atoms with Crippen LogP contribution in [0.2, 0.25) is 0 Å². The van der Waals surface area contributed by atoms with Gasteiger partial charge in [0.25, 0.3) is 0 Å². The maximum atomic E-state index is 13.2. The van der Waals surface area contributed by atoms with Gasteiger partial charge in [-0.05, 0) is 35.4 Å². The number of rotatable bonds is 9. The second kappa shape index (κ2) is 9.61. The minimum absolute atomic E-state index is 0.323. The van der Waals surface area contributed by atoms with Crippen LogP contribution < -0.4 is 0 Å². The van der Waals surface area contributed by atoms with Crippen molar-refractivity contribution in [2.45, 2.75) is 5.25 Å². The highest BCUT2D eigenvalue weighted by molar-refractivity contribution is 7.85. The Labute approximate surface area is 143 Å². The monoisotopic (exact) mass is 354 g/mol. The molecule has 0 radical (unpaired) electrons. The molecule has 0 saturated heterocycles. The van der Waals surface area contributed by atoms with Gasteiger partial charge in [0.05, 0.1) is 25.1 Å². The largest absolute Gasteiger partial charge is 0.382 e. The van der Waals surface area contributed by atoms with Crippen LogP contribution in [0.25, 0.3) is 0 Å². The first kappa shape index (κ1) is 18.7. The molecule has 0 spiro atoms. The fourth-order valence-corrected chi connectivity index (χ4v) is 3.71. The van der Waals surface area contributed by atoms with Crippen molar-refractivity contribution in [3.05, 3.63) is 71.3 Å². The number of benzene rings is 2. The molecule has 0 aliphatic heterocycles. The maximum Gasteiger partial charge on any atom is 0.123 e. The highest BCUT2D eigenvalue weighted by atomic mass is 32.2. The molecular formula is C18H20F2O3S. The molecule has 0 aromatic heterocycles. The van der Waals surface area contributed by atoms with E-state index in [0.29, 0.717) is 25.6 Å². The van der Waals surface area contributed by atoms with Crippen LogP contribution >= 0.6 is 0 Å². The van der Waals surface area contributed by atoms with Crippen molar-refractivity contribution in [2.24, 2.45) is 0 Å². The summed E-state index contributed by atoms with van der Waals surface area (Å²) >= 11 is 0. The van der Waals surface area contributed by atoms with Gasteiger partial charge < -0.3 is 9.47 Å². The second-order valence-corrected chi connectivity index (χ2v) is 6.81. The number of halogens is 2. The van der Waals surface area contributed by atoms with Crippen molar-refractivity contribution in [2.75, 3.05) is 32.7 Å². The van der Waals surface area contributed by atoms with E-state index < -0.39 is 16.0 Å². The number of hydrogen-bond donors (Lipinski definition) is 0. The van der Waals surface area contributed by atoms with Crippen LogP contribution in [0.15, 0.2) is 48.5 Å².